The van der Waals surface area contributed by atoms with Crippen molar-refractivity contribution in [2.75, 3.05) is 13.7 Å². The Hall–Kier alpha value is -4.52. The van der Waals surface area contributed by atoms with Gasteiger partial charge in [-0.15, -0.1) is 0 Å². The summed E-state index contributed by atoms with van der Waals surface area (Å²) in [5, 5.41) is 8.21. The fourth-order valence-electron chi connectivity index (χ4n) is 4.49. The van der Waals surface area contributed by atoms with Crippen molar-refractivity contribution in [1.29, 1.82) is 0 Å². The molecule has 3 aromatic carbocycles. The Kier molecular flexibility index (Phi) is 6.94. The number of fused-ring (bicyclic) bond motifs is 1. The lowest BCUT2D eigenvalue weighted by molar-refractivity contribution is 0.0952. The zero-order chi connectivity index (χ0) is 25.8. The first kappa shape index (κ1) is 24.2. The second-order valence-electron chi connectivity index (χ2n) is 8.94. The number of ether oxygens (including phenoxy) is 2. The lowest BCUT2D eigenvalue weighted by atomic mass is 9.90. The van der Waals surface area contributed by atoms with Gasteiger partial charge in [-0.25, -0.2) is 0 Å². The lowest BCUT2D eigenvalue weighted by Crippen LogP contribution is -2.28. The summed E-state index contributed by atoms with van der Waals surface area (Å²) in [6.07, 6.45) is 2.02. The lowest BCUT2D eigenvalue weighted by Gasteiger charge is -2.19. The van der Waals surface area contributed by atoms with E-state index in [4.69, 9.17) is 14.0 Å². The molecule has 2 N–H and O–H groups in total. The van der Waals surface area contributed by atoms with Crippen LogP contribution in [0.25, 0.3) is 10.9 Å². The number of benzene rings is 3. The third kappa shape index (κ3) is 5.21. The average molecular weight is 496 g/mol. The molecule has 0 aliphatic rings. The van der Waals surface area contributed by atoms with Gasteiger partial charge < -0.3 is 24.3 Å². The van der Waals surface area contributed by atoms with E-state index in [1.807, 2.05) is 56.4 Å². The van der Waals surface area contributed by atoms with E-state index in [2.05, 4.69) is 27.6 Å². The van der Waals surface area contributed by atoms with Gasteiger partial charge in [-0.2, -0.15) is 0 Å². The highest BCUT2D eigenvalue weighted by molar-refractivity contribution is 5.94. The van der Waals surface area contributed by atoms with Crippen LogP contribution in [0.5, 0.6) is 11.5 Å². The summed E-state index contributed by atoms with van der Waals surface area (Å²) in [6.45, 7) is 4.55. The second kappa shape index (κ2) is 10.6. The van der Waals surface area contributed by atoms with Crippen molar-refractivity contribution < 1.29 is 18.8 Å². The van der Waals surface area contributed by atoms with E-state index in [0.717, 1.165) is 44.8 Å². The fraction of sp³-hybridized carbons (Fsp3) is 0.200. The SMILES string of the molecule is COc1ccc(C(CNC(=O)c2ccc(OCc3c(C)noc3C)cc2)c2c[nH]c3ccccc23)cc1. The van der Waals surface area contributed by atoms with Crippen molar-refractivity contribution in [1.82, 2.24) is 15.5 Å². The number of amides is 1. The largest absolute Gasteiger partial charge is 0.497 e. The number of aryl methyl sites for hydroxylation is 2. The molecular formula is C30H29N3O4. The van der Waals surface area contributed by atoms with Crippen molar-refractivity contribution in [2.45, 2.75) is 26.4 Å². The van der Waals surface area contributed by atoms with Crippen LogP contribution in [0.2, 0.25) is 0 Å². The molecule has 0 saturated heterocycles. The van der Waals surface area contributed by atoms with Gasteiger partial charge in [0.1, 0.15) is 23.9 Å². The third-order valence-electron chi connectivity index (χ3n) is 6.66. The quantitative estimate of drug-likeness (QED) is 0.265. The van der Waals surface area contributed by atoms with Gasteiger partial charge in [0.25, 0.3) is 5.91 Å². The van der Waals surface area contributed by atoms with E-state index in [0.29, 0.717) is 24.5 Å². The van der Waals surface area contributed by atoms with Crippen LogP contribution in [0.15, 0.2) is 83.5 Å². The van der Waals surface area contributed by atoms with Crippen molar-refractivity contribution in [3.05, 3.63) is 113 Å². The van der Waals surface area contributed by atoms with Crippen molar-refractivity contribution in [3.63, 3.8) is 0 Å². The molecule has 37 heavy (non-hydrogen) atoms. The number of H-pyrrole nitrogens is 1. The topological polar surface area (TPSA) is 89.4 Å². The maximum absolute atomic E-state index is 13.1. The van der Waals surface area contributed by atoms with Crippen molar-refractivity contribution >= 4 is 16.8 Å². The monoisotopic (exact) mass is 495 g/mol. The van der Waals surface area contributed by atoms with Crippen LogP contribution < -0.4 is 14.8 Å². The van der Waals surface area contributed by atoms with Crippen LogP contribution in [0.3, 0.4) is 0 Å². The van der Waals surface area contributed by atoms with Gasteiger partial charge in [0.05, 0.1) is 18.4 Å². The van der Waals surface area contributed by atoms with Crippen LogP contribution >= 0.6 is 0 Å². The van der Waals surface area contributed by atoms with Gasteiger partial charge in [-0.05, 0) is 67.4 Å². The highest BCUT2D eigenvalue weighted by Gasteiger charge is 2.20. The molecule has 1 atom stereocenters. The number of hydrogen-bond acceptors (Lipinski definition) is 5. The molecular weight excluding hydrogens is 466 g/mol. The highest BCUT2D eigenvalue weighted by Crippen LogP contribution is 2.31. The Bertz CT molecular complexity index is 1480. The maximum Gasteiger partial charge on any atom is 0.251 e. The maximum atomic E-state index is 13.1. The summed E-state index contributed by atoms with van der Waals surface area (Å²) in [4.78, 5) is 16.4. The molecule has 0 aliphatic carbocycles. The number of nitrogens with one attached hydrogen (secondary N) is 2. The minimum absolute atomic E-state index is 0.0383. The summed E-state index contributed by atoms with van der Waals surface area (Å²) < 4.78 is 16.4. The molecule has 7 heteroatoms. The van der Waals surface area contributed by atoms with Gasteiger partial charge in [-0.3, -0.25) is 4.79 Å². The summed E-state index contributed by atoms with van der Waals surface area (Å²) in [6, 6.07) is 23.3. The van der Waals surface area contributed by atoms with E-state index in [9.17, 15) is 4.79 Å². The summed E-state index contributed by atoms with van der Waals surface area (Å²) >= 11 is 0. The standard InChI is InChI=1S/C30H29N3O4/c1-19-28(20(2)37-33-19)18-36-24-14-10-22(11-15-24)30(34)32-16-26(21-8-12-23(35-3)13-9-21)27-17-31-29-7-5-4-6-25(27)29/h4-15,17,26,31H,16,18H2,1-3H3,(H,32,34). The number of rotatable bonds is 9. The summed E-state index contributed by atoms with van der Waals surface area (Å²) in [5.74, 6) is 2.03. The Morgan fingerprint density at radius 2 is 1.73 bits per heavy atom. The zero-order valence-electron chi connectivity index (χ0n) is 21.1. The average Bonchev–Trinajstić information content (AvgIpc) is 3.50. The molecule has 0 spiro atoms. The van der Waals surface area contributed by atoms with Gasteiger partial charge in [-0.1, -0.05) is 35.5 Å². The number of aromatic nitrogens is 2. The molecule has 5 aromatic rings. The fourth-order valence-corrected chi connectivity index (χ4v) is 4.49. The number of carbonyl (C=O) groups excluding carboxylic acids is 1. The summed E-state index contributed by atoms with van der Waals surface area (Å²) in [5.41, 5.74) is 5.60. The smallest absolute Gasteiger partial charge is 0.251 e. The normalized spacial score (nSPS) is 11.9. The molecule has 1 unspecified atom stereocenters. The molecule has 5 rings (SSSR count). The third-order valence-corrected chi connectivity index (χ3v) is 6.66. The van der Waals surface area contributed by atoms with Crippen LogP contribution in [-0.2, 0) is 6.61 Å². The number of methoxy groups -OCH3 is 1. The van der Waals surface area contributed by atoms with Gasteiger partial charge in [0, 0.05) is 35.1 Å². The predicted molar refractivity (Wildman–Crippen MR) is 142 cm³/mol. The molecule has 1 amide bonds. The highest BCUT2D eigenvalue weighted by atomic mass is 16.5. The first-order chi connectivity index (χ1) is 18.0. The van der Waals surface area contributed by atoms with E-state index in [-0.39, 0.29) is 11.8 Å². The van der Waals surface area contributed by atoms with E-state index in [1.54, 1.807) is 31.4 Å². The first-order valence-corrected chi connectivity index (χ1v) is 12.2. The second-order valence-corrected chi connectivity index (χ2v) is 8.94. The summed E-state index contributed by atoms with van der Waals surface area (Å²) in [7, 11) is 1.65. The molecule has 0 fully saturated rings. The Morgan fingerprint density at radius 3 is 2.43 bits per heavy atom. The minimum atomic E-state index is -0.143. The Labute approximate surface area is 215 Å². The van der Waals surface area contributed by atoms with E-state index >= 15 is 0 Å². The Balaban J connectivity index is 1.30. The number of para-hydroxylation sites is 1. The molecule has 2 aromatic heterocycles. The minimum Gasteiger partial charge on any atom is -0.497 e. The van der Waals surface area contributed by atoms with Crippen molar-refractivity contribution in [3.8, 4) is 11.5 Å². The van der Waals surface area contributed by atoms with Gasteiger partial charge in [0.15, 0.2) is 0 Å². The molecule has 2 heterocycles. The number of aromatic amines is 1. The Morgan fingerprint density at radius 1 is 1.00 bits per heavy atom. The zero-order valence-corrected chi connectivity index (χ0v) is 21.1. The van der Waals surface area contributed by atoms with Gasteiger partial charge >= 0.3 is 0 Å². The van der Waals surface area contributed by atoms with Crippen molar-refractivity contribution in [2.24, 2.45) is 0 Å². The first-order valence-electron chi connectivity index (χ1n) is 12.2. The van der Waals surface area contributed by atoms with Gasteiger partial charge in [0.2, 0.25) is 0 Å². The van der Waals surface area contributed by atoms with Crippen LogP contribution in [-0.4, -0.2) is 29.7 Å². The van der Waals surface area contributed by atoms with Crippen LogP contribution in [0.4, 0.5) is 0 Å². The van der Waals surface area contributed by atoms with E-state index in [1.165, 1.54) is 0 Å². The number of hydrogen-bond donors (Lipinski definition) is 2. The molecule has 0 aliphatic heterocycles. The molecule has 188 valence electrons. The predicted octanol–water partition coefficient (Wildman–Crippen LogP) is 5.92. The molecule has 0 bridgehead atoms. The van der Waals surface area contributed by atoms with Crippen LogP contribution in [0.1, 0.15) is 44.4 Å². The number of carbonyl (C=O) groups is 1. The van der Waals surface area contributed by atoms with E-state index < -0.39 is 0 Å². The molecule has 0 saturated carbocycles. The molecule has 7 nitrogen and oxygen atoms in total. The van der Waals surface area contributed by atoms with Crippen LogP contribution in [0, 0.1) is 13.8 Å². The molecule has 0 radical (unpaired) electrons. The number of nitrogens with zero attached hydrogens (tertiary/aromatic N) is 1.